The predicted octanol–water partition coefficient (Wildman–Crippen LogP) is 0.887. The monoisotopic (exact) mass is 345 g/mol. The minimum absolute atomic E-state index is 0.0536. The van der Waals surface area contributed by atoms with Crippen LogP contribution in [0, 0.1) is 6.92 Å². The molecule has 1 aliphatic rings. The third-order valence-electron chi connectivity index (χ3n) is 4.24. The van der Waals surface area contributed by atoms with Crippen molar-refractivity contribution >= 4 is 5.91 Å². The number of carbonyl (C=O) groups excluding carboxylic acids is 1. The average Bonchev–Trinajstić information content (AvgIpc) is 2.97. The predicted molar refractivity (Wildman–Crippen MR) is 90.0 cm³/mol. The summed E-state index contributed by atoms with van der Waals surface area (Å²) in [5.41, 5.74) is 2.85. The number of aryl methyl sites for hydroxylation is 2. The molecule has 2 aromatic heterocycles. The van der Waals surface area contributed by atoms with Gasteiger partial charge in [0.2, 0.25) is 11.8 Å². The molecule has 1 atom stereocenters. The Morgan fingerprint density at radius 2 is 2.24 bits per heavy atom. The second kappa shape index (κ2) is 7.60. The minimum Gasteiger partial charge on any atom is -0.474 e. The molecular formula is C17H23N5O3. The van der Waals surface area contributed by atoms with Gasteiger partial charge in [0.25, 0.3) is 0 Å². The van der Waals surface area contributed by atoms with Crippen molar-refractivity contribution in [2.75, 3.05) is 19.8 Å². The molecule has 0 spiro atoms. The molecule has 3 rings (SSSR count). The first-order valence-corrected chi connectivity index (χ1v) is 8.36. The van der Waals surface area contributed by atoms with Gasteiger partial charge < -0.3 is 18.9 Å². The number of carbonyl (C=O) groups is 1. The molecule has 0 saturated carbocycles. The maximum Gasteiger partial charge on any atom is 0.249 e. The van der Waals surface area contributed by atoms with Crippen LogP contribution in [0.3, 0.4) is 0 Å². The fraction of sp³-hybridized carbons (Fsp3) is 0.529. The molecule has 0 fully saturated rings. The van der Waals surface area contributed by atoms with E-state index in [4.69, 9.17) is 9.47 Å². The molecule has 0 N–H and O–H groups in total. The number of hydrogen-bond acceptors (Lipinski definition) is 6. The summed E-state index contributed by atoms with van der Waals surface area (Å²) in [6.07, 6.45) is 5.72. The first-order chi connectivity index (χ1) is 12.1. The molecule has 8 nitrogen and oxygen atoms in total. The summed E-state index contributed by atoms with van der Waals surface area (Å²) >= 11 is 0. The van der Waals surface area contributed by atoms with Gasteiger partial charge in [-0.3, -0.25) is 9.78 Å². The fourth-order valence-corrected chi connectivity index (χ4v) is 2.93. The second-order valence-electron chi connectivity index (χ2n) is 6.08. The Balaban J connectivity index is 1.75. The maximum atomic E-state index is 12.5. The molecule has 2 aromatic rings. The van der Waals surface area contributed by atoms with Crippen LogP contribution >= 0.6 is 0 Å². The van der Waals surface area contributed by atoms with E-state index in [1.165, 1.54) is 0 Å². The highest BCUT2D eigenvalue weighted by Gasteiger charge is 2.32. The lowest BCUT2D eigenvalue weighted by molar-refractivity contribution is -0.140. The van der Waals surface area contributed by atoms with Crippen LogP contribution in [-0.2, 0) is 29.5 Å². The van der Waals surface area contributed by atoms with Crippen LogP contribution in [-0.4, -0.2) is 56.2 Å². The van der Waals surface area contributed by atoms with Crippen LogP contribution in [0.4, 0.5) is 0 Å². The Kier molecular flexibility index (Phi) is 5.28. The van der Waals surface area contributed by atoms with Crippen LogP contribution < -0.4 is 4.74 Å². The van der Waals surface area contributed by atoms with E-state index in [1.807, 2.05) is 25.5 Å². The molecule has 1 amide bonds. The van der Waals surface area contributed by atoms with E-state index >= 15 is 0 Å². The molecule has 3 heterocycles. The van der Waals surface area contributed by atoms with E-state index in [-0.39, 0.29) is 18.6 Å². The average molecular weight is 345 g/mol. The van der Waals surface area contributed by atoms with E-state index in [0.29, 0.717) is 32.1 Å². The highest BCUT2D eigenvalue weighted by atomic mass is 16.5. The molecule has 0 aromatic carbocycles. The van der Waals surface area contributed by atoms with Gasteiger partial charge >= 0.3 is 0 Å². The van der Waals surface area contributed by atoms with Crippen molar-refractivity contribution in [3.05, 3.63) is 35.8 Å². The Labute approximate surface area is 146 Å². The van der Waals surface area contributed by atoms with Crippen LogP contribution in [0.1, 0.15) is 24.0 Å². The smallest absolute Gasteiger partial charge is 0.249 e. The summed E-state index contributed by atoms with van der Waals surface area (Å²) < 4.78 is 13.1. The van der Waals surface area contributed by atoms with Crippen molar-refractivity contribution in [3.63, 3.8) is 0 Å². The standard InChI is InChI=1S/C17H23N5O3/c1-4-24-10-17(23)22-8-14-15(21(3)11-19-14)5-13(22)9-25-16-7-18-6-12(2)20-16/h6-7,11,13H,4-5,8-10H2,1-3H3/t13-/m0/s1. The maximum absolute atomic E-state index is 12.5. The lowest BCUT2D eigenvalue weighted by Gasteiger charge is -2.35. The molecule has 0 aliphatic carbocycles. The quantitative estimate of drug-likeness (QED) is 0.773. The number of fused-ring (bicyclic) bond motifs is 1. The Hall–Kier alpha value is -2.48. The molecule has 134 valence electrons. The molecular weight excluding hydrogens is 322 g/mol. The number of ether oxygens (including phenoxy) is 2. The number of nitrogens with zero attached hydrogens (tertiary/aromatic N) is 5. The summed E-state index contributed by atoms with van der Waals surface area (Å²) in [6.45, 7) is 5.13. The Bertz CT molecular complexity index is 746. The van der Waals surface area contributed by atoms with E-state index in [9.17, 15) is 4.79 Å². The van der Waals surface area contributed by atoms with Gasteiger partial charge in [0.1, 0.15) is 13.2 Å². The summed E-state index contributed by atoms with van der Waals surface area (Å²) in [5, 5.41) is 0. The van der Waals surface area contributed by atoms with Crippen LogP contribution in [0.15, 0.2) is 18.7 Å². The minimum atomic E-state index is -0.0989. The van der Waals surface area contributed by atoms with Gasteiger partial charge in [0.15, 0.2) is 0 Å². The van der Waals surface area contributed by atoms with E-state index in [1.54, 1.807) is 23.6 Å². The molecule has 8 heteroatoms. The van der Waals surface area contributed by atoms with Crippen molar-refractivity contribution in [3.8, 4) is 5.88 Å². The van der Waals surface area contributed by atoms with E-state index in [0.717, 1.165) is 17.1 Å². The van der Waals surface area contributed by atoms with Crippen LogP contribution in [0.5, 0.6) is 5.88 Å². The van der Waals surface area contributed by atoms with Gasteiger partial charge in [-0.15, -0.1) is 0 Å². The molecule has 1 aliphatic heterocycles. The van der Waals surface area contributed by atoms with Gasteiger partial charge in [-0.25, -0.2) is 9.97 Å². The number of amides is 1. The van der Waals surface area contributed by atoms with Crippen LogP contribution in [0.2, 0.25) is 0 Å². The molecule has 0 radical (unpaired) electrons. The molecule has 0 unspecified atom stereocenters. The van der Waals surface area contributed by atoms with Crippen molar-refractivity contribution < 1.29 is 14.3 Å². The molecule has 0 saturated heterocycles. The summed E-state index contributed by atoms with van der Waals surface area (Å²) in [5.74, 6) is 0.412. The van der Waals surface area contributed by atoms with Crippen LogP contribution in [0.25, 0.3) is 0 Å². The lowest BCUT2D eigenvalue weighted by atomic mass is 10.0. The molecule has 0 bridgehead atoms. The third-order valence-corrected chi connectivity index (χ3v) is 4.24. The zero-order valence-corrected chi connectivity index (χ0v) is 14.8. The third kappa shape index (κ3) is 3.96. The van der Waals surface area contributed by atoms with Crippen molar-refractivity contribution in [2.24, 2.45) is 7.05 Å². The van der Waals surface area contributed by atoms with Gasteiger partial charge in [-0.2, -0.15) is 0 Å². The number of hydrogen-bond donors (Lipinski definition) is 0. The first-order valence-electron chi connectivity index (χ1n) is 8.36. The Morgan fingerprint density at radius 1 is 1.40 bits per heavy atom. The summed E-state index contributed by atoms with van der Waals surface area (Å²) in [4.78, 5) is 27.1. The number of aromatic nitrogens is 4. The highest BCUT2D eigenvalue weighted by molar-refractivity contribution is 5.78. The second-order valence-corrected chi connectivity index (χ2v) is 6.08. The topological polar surface area (TPSA) is 82.4 Å². The summed E-state index contributed by atoms with van der Waals surface area (Å²) in [6, 6.07) is -0.0989. The number of imidazole rings is 1. The van der Waals surface area contributed by atoms with Crippen molar-refractivity contribution in [1.82, 2.24) is 24.4 Å². The zero-order valence-electron chi connectivity index (χ0n) is 14.8. The fourth-order valence-electron chi connectivity index (χ4n) is 2.93. The van der Waals surface area contributed by atoms with Gasteiger partial charge in [-0.05, 0) is 13.8 Å². The van der Waals surface area contributed by atoms with Gasteiger partial charge in [0.05, 0.1) is 36.5 Å². The van der Waals surface area contributed by atoms with Gasteiger partial charge in [-0.1, -0.05) is 0 Å². The highest BCUT2D eigenvalue weighted by Crippen LogP contribution is 2.23. The van der Waals surface area contributed by atoms with E-state index in [2.05, 4.69) is 15.0 Å². The number of rotatable bonds is 6. The zero-order chi connectivity index (χ0) is 17.8. The SMILES string of the molecule is CCOCC(=O)N1Cc2ncn(C)c2C[C@H]1COc1cncc(C)n1. The largest absolute Gasteiger partial charge is 0.474 e. The Morgan fingerprint density at radius 3 is 3.00 bits per heavy atom. The van der Waals surface area contributed by atoms with Gasteiger partial charge in [0, 0.05) is 32.0 Å². The van der Waals surface area contributed by atoms with Crippen molar-refractivity contribution in [1.29, 1.82) is 0 Å². The molecule has 25 heavy (non-hydrogen) atoms. The lowest BCUT2D eigenvalue weighted by Crippen LogP contribution is -2.49. The normalized spacial score (nSPS) is 16.6. The van der Waals surface area contributed by atoms with E-state index < -0.39 is 0 Å². The first kappa shape index (κ1) is 17.3. The summed E-state index contributed by atoms with van der Waals surface area (Å²) in [7, 11) is 1.97. The van der Waals surface area contributed by atoms with Crippen molar-refractivity contribution in [2.45, 2.75) is 32.9 Å².